The molecule has 1 heteroatoms. The van der Waals surface area contributed by atoms with E-state index in [0.717, 1.165) is 30.4 Å². The van der Waals surface area contributed by atoms with E-state index in [4.69, 9.17) is 18.6 Å². The minimum Gasteiger partial charge on any atom is -0.328 e. The summed E-state index contributed by atoms with van der Waals surface area (Å²) in [5.41, 5.74) is 8.87. The van der Waals surface area contributed by atoms with Gasteiger partial charge in [0, 0.05) is 17.2 Å². The first-order valence-electron chi connectivity index (χ1n) is 6.40. The van der Waals surface area contributed by atoms with Crippen LogP contribution < -0.4 is 5.73 Å². The van der Waals surface area contributed by atoms with E-state index in [-0.39, 0.29) is 6.04 Å². The van der Waals surface area contributed by atoms with Gasteiger partial charge in [-0.05, 0) is 55.9 Å². The van der Waals surface area contributed by atoms with Crippen molar-refractivity contribution < 1.29 is 0 Å². The zero-order chi connectivity index (χ0) is 13.5. The van der Waals surface area contributed by atoms with Crippen LogP contribution in [0.15, 0.2) is 18.2 Å². The van der Waals surface area contributed by atoms with Gasteiger partial charge in [-0.1, -0.05) is 18.8 Å². The van der Waals surface area contributed by atoms with Crippen molar-refractivity contribution in [3.05, 3.63) is 34.9 Å². The molecule has 2 N–H and O–H groups in total. The molecule has 0 aliphatic carbocycles. The van der Waals surface area contributed by atoms with Crippen LogP contribution in [0, 0.1) is 30.6 Å². The average molecular weight is 239 g/mol. The van der Waals surface area contributed by atoms with E-state index in [0.29, 0.717) is 5.92 Å². The highest BCUT2D eigenvalue weighted by Crippen LogP contribution is 2.16. The lowest BCUT2D eigenvalue weighted by molar-refractivity contribution is 0.437. The van der Waals surface area contributed by atoms with Crippen LogP contribution >= 0.6 is 0 Å². The van der Waals surface area contributed by atoms with Crippen LogP contribution in [0.25, 0.3) is 0 Å². The van der Waals surface area contributed by atoms with Crippen LogP contribution in [0.3, 0.4) is 0 Å². The highest BCUT2D eigenvalue weighted by atomic mass is 14.6. The van der Waals surface area contributed by atoms with Crippen molar-refractivity contribution in [3.8, 4) is 24.7 Å². The van der Waals surface area contributed by atoms with Crippen LogP contribution in [-0.2, 0) is 6.42 Å². The van der Waals surface area contributed by atoms with Gasteiger partial charge in [0.15, 0.2) is 0 Å². The molecule has 0 spiro atoms. The SMILES string of the molecule is C#Cc1ccc(C#C)c(CCCC(C)C(C)N)c1. The van der Waals surface area contributed by atoms with E-state index >= 15 is 0 Å². The number of aryl methyl sites for hydroxylation is 1. The monoisotopic (exact) mass is 239 g/mol. The summed E-state index contributed by atoms with van der Waals surface area (Å²) in [6.45, 7) is 4.24. The van der Waals surface area contributed by atoms with Gasteiger partial charge in [0.25, 0.3) is 0 Å². The van der Waals surface area contributed by atoms with Gasteiger partial charge in [-0.15, -0.1) is 12.8 Å². The smallest absolute Gasteiger partial charge is 0.0275 e. The molecule has 18 heavy (non-hydrogen) atoms. The summed E-state index contributed by atoms with van der Waals surface area (Å²) in [7, 11) is 0. The molecule has 94 valence electrons. The Morgan fingerprint density at radius 3 is 2.50 bits per heavy atom. The number of hydrogen-bond acceptors (Lipinski definition) is 1. The largest absolute Gasteiger partial charge is 0.328 e. The minimum absolute atomic E-state index is 0.245. The zero-order valence-electron chi connectivity index (χ0n) is 11.2. The van der Waals surface area contributed by atoms with Crippen molar-refractivity contribution in [2.24, 2.45) is 11.7 Å². The first-order chi connectivity index (χ1) is 8.58. The van der Waals surface area contributed by atoms with Crippen LogP contribution in [0.4, 0.5) is 0 Å². The van der Waals surface area contributed by atoms with Gasteiger partial charge in [0.05, 0.1) is 0 Å². The molecule has 0 heterocycles. The average Bonchev–Trinajstić information content (AvgIpc) is 2.38. The van der Waals surface area contributed by atoms with Gasteiger partial charge in [0.2, 0.25) is 0 Å². The lowest BCUT2D eigenvalue weighted by atomic mass is 9.94. The molecule has 0 aliphatic heterocycles. The molecule has 0 bridgehead atoms. The topological polar surface area (TPSA) is 26.0 Å². The maximum atomic E-state index is 5.86. The summed E-state index contributed by atoms with van der Waals surface area (Å²) in [5, 5.41) is 0. The third-order valence-electron chi connectivity index (χ3n) is 3.43. The van der Waals surface area contributed by atoms with Crippen molar-refractivity contribution in [1.82, 2.24) is 0 Å². The number of rotatable bonds is 5. The number of hydrogen-bond donors (Lipinski definition) is 1. The molecule has 0 aromatic heterocycles. The second-order valence-corrected chi connectivity index (χ2v) is 4.89. The first-order valence-corrected chi connectivity index (χ1v) is 6.40. The summed E-state index contributed by atoms with van der Waals surface area (Å²) < 4.78 is 0. The van der Waals surface area contributed by atoms with Crippen molar-refractivity contribution in [3.63, 3.8) is 0 Å². The maximum Gasteiger partial charge on any atom is 0.0275 e. The molecule has 0 saturated heterocycles. The van der Waals surface area contributed by atoms with E-state index in [1.807, 2.05) is 18.2 Å². The minimum atomic E-state index is 0.245. The Morgan fingerprint density at radius 1 is 1.22 bits per heavy atom. The fourth-order valence-corrected chi connectivity index (χ4v) is 1.91. The van der Waals surface area contributed by atoms with Gasteiger partial charge in [0.1, 0.15) is 0 Å². The molecule has 1 aromatic carbocycles. The Hall–Kier alpha value is -1.70. The second-order valence-electron chi connectivity index (χ2n) is 4.89. The Labute approximate surface area is 111 Å². The Bertz CT molecular complexity index is 471. The van der Waals surface area contributed by atoms with Gasteiger partial charge in [-0.2, -0.15) is 0 Å². The third-order valence-corrected chi connectivity index (χ3v) is 3.43. The van der Waals surface area contributed by atoms with Crippen LogP contribution in [0.5, 0.6) is 0 Å². The predicted molar refractivity (Wildman–Crippen MR) is 78.1 cm³/mol. The highest BCUT2D eigenvalue weighted by molar-refractivity contribution is 5.46. The Morgan fingerprint density at radius 2 is 1.94 bits per heavy atom. The molecule has 2 unspecified atom stereocenters. The summed E-state index contributed by atoms with van der Waals surface area (Å²) in [6, 6.07) is 6.09. The summed E-state index contributed by atoms with van der Waals surface area (Å²) >= 11 is 0. The maximum absolute atomic E-state index is 5.86. The van der Waals surface area contributed by atoms with E-state index in [2.05, 4.69) is 25.7 Å². The quantitative estimate of drug-likeness (QED) is 0.785. The number of terminal acetylenes is 2. The molecule has 1 rings (SSSR count). The molecule has 0 fully saturated rings. The molecule has 1 aromatic rings. The Kier molecular flexibility index (Phi) is 5.50. The molecular weight excluding hydrogens is 218 g/mol. The number of benzene rings is 1. The second kappa shape index (κ2) is 6.90. The van der Waals surface area contributed by atoms with Gasteiger partial charge in [-0.3, -0.25) is 0 Å². The normalized spacial score (nSPS) is 13.4. The van der Waals surface area contributed by atoms with Crippen LogP contribution in [0.2, 0.25) is 0 Å². The zero-order valence-corrected chi connectivity index (χ0v) is 11.2. The third kappa shape index (κ3) is 3.95. The molecule has 2 atom stereocenters. The fraction of sp³-hybridized carbons (Fsp3) is 0.412. The van der Waals surface area contributed by atoms with Crippen LogP contribution in [-0.4, -0.2) is 6.04 Å². The molecule has 0 amide bonds. The fourth-order valence-electron chi connectivity index (χ4n) is 1.91. The van der Waals surface area contributed by atoms with Crippen molar-refractivity contribution in [2.75, 3.05) is 0 Å². The summed E-state index contributed by atoms with van der Waals surface area (Å²) in [6.07, 6.45) is 14.1. The summed E-state index contributed by atoms with van der Waals surface area (Å²) in [5.74, 6) is 5.90. The predicted octanol–water partition coefficient (Wildman–Crippen LogP) is 2.96. The molecule has 0 saturated carbocycles. The van der Waals surface area contributed by atoms with Crippen molar-refractivity contribution >= 4 is 0 Å². The molecule has 0 radical (unpaired) electrons. The van der Waals surface area contributed by atoms with Gasteiger partial charge in [-0.25, -0.2) is 0 Å². The molecule has 1 nitrogen and oxygen atoms in total. The lowest BCUT2D eigenvalue weighted by Gasteiger charge is -2.15. The summed E-state index contributed by atoms with van der Waals surface area (Å²) in [4.78, 5) is 0. The van der Waals surface area contributed by atoms with Gasteiger partial charge >= 0.3 is 0 Å². The highest BCUT2D eigenvalue weighted by Gasteiger charge is 2.08. The van der Waals surface area contributed by atoms with E-state index in [1.165, 1.54) is 5.56 Å². The van der Waals surface area contributed by atoms with Crippen LogP contribution in [0.1, 0.15) is 43.4 Å². The van der Waals surface area contributed by atoms with E-state index in [1.54, 1.807) is 0 Å². The van der Waals surface area contributed by atoms with E-state index in [9.17, 15) is 0 Å². The van der Waals surface area contributed by atoms with Crippen molar-refractivity contribution in [2.45, 2.75) is 39.2 Å². The Balaban J connectivity index is 2.67. The first kappa shape index (κ1) is 14.4. The lowest BCUT2D eigenvalue weighted by Crippen LogP contribution is -2.24. The van der Waals surface area contributed by atoms with Gasteiger partial charge < -0.3 is 5.73 Å². The molecule has 0 aliphatic rings. The number of nitrogens with two attached hydrogens (primary N) is 1. The van der Waals surface area contributed by atoms with E-state index < -0.39 is 0 Å². The standard InChI is InChI=1S/C17H21N/c1-5-15-10-11-16(6-2)17(12-15)9-7-8-13(3)14(4)18/h1-2,10-14H,7-9,18H2,3-4H3. The molecular formula is C17H21N. The van der Waals surface area contributed by atoms with Crippen molar-refractivity contribution in [1.29, 1.82) is 0 Å².